The van der Waals surface area contributed by atoms with Gasteiger partial charge in [-0.05, 0) is 23.3 Å². The van der Waals surface area contributed by atoms with Crippen LogP contribution in [0.2, 0.25) is 5.02 Å². The van der Waals surface area contributed by atoms with Gasteiger partial charge in [-0.3, -0.25) is 14.9 Å². The first-order valence-electron chi connectivity index (χ1n) is 7.04. The molecule has 2 N–H and O–H groups in total. The normalized spacial score (nSPS) is 16.7. The predicted molar refractivity (Wildman–Crippen MR) is 87.4 cm³/mol. The Kier molecular flexibility index (Phi) is 3.92. The lowest BCUT2D eigenvalue weighted by molar-refractivity contribution is -0.384. The molecule has 0 radical (unpaired) electrons. The third-order valence-electron chi connectivity index (χ3n) is 4.02. The van der Waals surface area contributed by atoms with Crippen LogP contribution in [0.25, 0.3) is 0 Å². The fraction of sp³-hybridized carbons (Fsp3) is 0.188. The maximum atomic E-state index is 11.9. The molecule has 1 aliphatic heterocycles. The number of nitrogens with two attached hydrogens (primary N) is 1. The highest BCUT2D eigenvalue weighted by molar-refractivity contribution is 6.30. The van der Waals surface area contributed by atoms with Crippen LogP contribution < -0.4 is 10.6 Å². The standard InChI is InChI=1S/C16H14ClN3O3/c17-12-5-6-13(14(8-12)20(22)23)19-9-11-4-2-1-3-10(11)7-15(19)16(18)21/h1-6,8,15H,7,9H2,(H2,18,21)/t15-/m0/s1. The van der Waals surface area contributed by atoms with Crippen molar-refractivity contribution in [3.63, 3.8) is 0 Å². The van der Waals surface area contributed by atoms with Crippen molar-refractivity contribution in [3.05, 3.63) is 68.7 Å². The second-order valence-corrected chi connectivity index (χ2v) is 5.85. The predicted octanol–water partition coefficient (Wildman–Crippen LogP) is 2.66. The summed E-state index contributed by atoms with van der Waals surface area (Å²) < 4.78 is 0. The highest BCUT2D eigenvalue weighted by Gasteiger charge is 2.33. The van der Waals surface area contributed by atoms with E-state index in [2.05, 4.69) is 0 Å². The van der Waals surface area contributed by atoms with Crippen molar-refractivity contribution in [2.75, 3.05) is 4.90 Å². The van der Waals surface area contributed by atoms with Crippen molar-refractivity contribution in [1.82, 2.24) is 0 Å². The summed E-state index contributed by atoms with van der Waals surface area (Å²) in [6.07, 6.45) is 0.422. The molecule has 2 aromatic carbocycles. The van der Waals surface area contributed by atoms with Gasteiger partial charge in [0, 0.05) is 24.1 Å². The minimum atomic E-state index is -0.634. The minimum absolute atomic E-state index is 0.136. The molecule has 0 aliphatic carbocycles. The Morgan fingerprint density at radius 1 is 1.26 bits per heavy atom. The SMILES string of the molecule is NC(=O)[C@@H]1Cc2ccccc2CN1c1ccc(Cl)cc1[N+](=O)[O-]. The number of hydrogen-bond donors (Lipinski definition) is 1. The van der Waals surface area contributed by atoms with Crippen LogP contribution in [-0.4, -0.2) is 16.9 Å². The molecular formula is C16H14ClN3O3. The van der Waals surface area contributed by atoms with E-state index in [0.717, 1.165) is 11.1 Å². The zero-order valence-corrected chi connectivity index (χ0v) is 12.9. The van der Waals surface area contributed by atoms with Gasteiger partial charge in [0.25, 0.3) is 5.69 Å². The summed E-state index contributed by atoms with van der Waals surface area (Å²) in [4.78, 5) is 24.4. The number of amides is 1. The van der Waals surface area contributed by atoms with Gasteiger partial charge in [-0.2, -0.15) is 0 Å². The fourth-order valence-corrected chi connectivity index (χ4v) is 3.08. The lowest BCUT2D eigenvalue weighted by Crippen LogP contribution is -2.48. The first-order chi connectivity index (χ1) is 11.0. The zero-order chi connectivity index (χ0) is 16.6. The molecule has 3 rings (SSSR count). The van der Waals surface area contributed by atoms with E-state index >= 15 is 0 Å². The van der Waals surface area contributed by atoms with Crippen molar-refractivity contribution in [2.45, 2.75) is 19.0 Å². The molecule has 1 aliphatic rings. The van der Waals surface area contributed by atoms with E-state index in [1.807, 2.05) is 24.3 Å². The van der Waals surface area contributed by atoms with Gasteiger partial charge in [0.1, 0.15) is 11.7 Å². The molecule has 0 bridgehead atoms. The van der Waals surface area contributed by atoms with Crippen LogP contribution in [0.4, 0.5) is 11.4 Å². The molecular weight excluding hydrogens is 318 g/mol. The molecule has 0 saturated carbocycles. The van der Waals surface area contributed by atoms with E-state index < -0.39 is 16.9 Å². The molecule has 0 spiro atoms. The van der Waals surface area contributed by atoms with Gasteiger partial charge >= 0.3 is 0 Å². The Labute approximate surface area is 137 Å². The number of rotatable bonds is 3. The summed E-state index contributed by atoms with van der Waals surface area (Å²) >= 11 is 5.87. The molecule has 7 heteroatoms. The van der Waals surface area contributed by atoms with E-state index in [1.54, 1.807) is 17.0 Å². The van der Waals surface area contributed by atoms with Crippen molar-refractivity contribution in [3.8, 4) is 0 Å². The Balaban J connectivity index is 2.11. The summed E-state index contributed by atoms with van der Waals surface area (Å²) in [5, 5.41) is 11.6. The van der Waals surface area contributed by atoms with Gasteiger partial charge in [0.05, 0.1) is 4.92 Å². The van der Waals surface area contributed by atoms with Crippen molar-refractivity contribution < 1.29 is 9.72 Å². The van der Waals surface area contributed by atoms with E-state index in [9.17, 15) is 14.9 Å². The Bertz CT molecular complexity index is 794. The maximum absolute atomic E-state index is 11.9. The van der Waals surface area contributed by atoms with Crippen LogP contribution >= 0.6 is 11.6 Å². The lowest BCUT2D eigenvalue weighted by Gasteiger charge is -2.36. The van der Waals surface area contributed by atoms with Crippen LogP contribution in [-0.2, 0) is 17.8 Å². The summed E-state index contributed by atoms with van der Waals surface area (Å²) in [5.41, 5.74) is 7.79. The molecule has 0 saturated heterocycles. The Hall–Kier alpha value is -2.60. The minimum Gasteiger partial charge on any atom is -0.368 e. The largest absolute Gasteiger partial charge is 0.368 e. The van der Waals surface area contributed by atoms with Gasteiger partial charge in [-0.1, -0.05) is 35.9 Å². The third-order valence-corrected chi connectivity index (χ3v) is 4.26. The molecule has 0 unspecified atom stereocenters. The molecule has 1 amide bonds. The molecule has 6 nitrogen and oxygen atoms in total. The van der Waals surface area contributed by atoms with Crippen LogP contribution in [0.5, 0.6) is 0 Å². The number of hydrogen-bond acceptors (Lipinski definition) is 4. The monoisotopic (exact) mass is 331 g/mol. The number of nitrogens with zero attached hydrogens (tertiary/aromatic N) is 2. The first kappa shape index (κ1) is 15.3. The first-order valence-corrected chi connectivity index (χ1v) is 7.42. The third kappa shape index (κ3) is 2.85. The quantitative estimate of drug-likeness (QED) is 0.691. The number of nitro groups is 1. The summed E-state index contributed by atoms with van der Waals surface area (Å²) in [6.45, 7) is 0.381. The highest BCUT2D eigenvalue weighted by Crippen LogP contribution is 2.36. The number of halogens is 1. The molecule has 2 aromatic rings. The zero-order valence-electron chi connectivity index (χ0n) is 12.1. The van der Waals surface area contributed by atoms with Gasteiger partial charge in [-0.25, -0.2) is 0 Å². The molecule has 0 fully saturated rings. The van der Waals surface area contributed by atoms with Gasteiger partial charge in [-0.15, -0.1) is 0 Å². The van der Waals surface area contributed by atoms with E-state index in [0.29, 0.717) is 18.7 Å². The van der Waals surface area contributed by atoms with Crippen molar-refractivity contribution in [2.24, 2.45) is 5.73 Å². The van der Waals surface area contributed by atoms with Crippen LogP contribution in [0.15, 0.2) is 42.5 Å². The van der Waals surface area contributed by atoms with E-state index in [4.69, 9.17) is 17.3 Å². The average molecular weight is 332 g/mol. The highest BCUT2D eigenvalue weighted by atomic mass is 35.5. The number of carbonyl (C=O) groups excluding carboxylic acids is 1. The number of benzene rings is 2. The summed E-state index contributed by atoms with van der Waals surface area (Å²) in [5.74, 6) is -0.510. The average Bonchev–Trinajstić information content (AvgIpc) is 2.53. The van der Waals surface area contributed by atoms with E-state index in [-0.39, 0.29) is 10.7 Å². The Morgan fingerprint density at radius 2 is 1.96 bits per heavy atom. The number of carbonyl (C=O) groups is 1. The number of nitro benzene ring substituents is 1. The van der Waals surface area contributed by atoms with Crippen LogP contribution in [0.3, 0.4) is 0 Å². The molecule has 23 heavy (non-hydrogen) atoms. The lowest BCUT2D eigenvalue weighted by atomic mass is 9.93. The van der Waals surface area contributed by atoms with Crippen molar-refractivity contribution >= 4 is 28.9 Å². The van der Waals surface area contributed by atoms with Crippen LogP contribution in [0.1, 0.15) is 11.1 Å². The van der Waals surface area contributed by atoms with Gasteiger partial charge in [0.2, 0.25) is 5.91 Å². The summed E-state index contributed by atoms with van der Waals surface area (Å²) in [7, 11) is 0. The van der Waals surface area contributed by atoms with Crippen LogP contribution in [0, 0.1) is 10.1 Å². The van der Waals surface area contributed by atoms with Gasteiger partial charge in [0.15, 0.2) is 0 Å². The Morgan fingerprint density at radius 3 is 2.61 bits per heavy atom. The van der Waals surface area contributed by atoms with E-state index in [1.165, 1.54) is 6.07 Å². The topological polar surface area (TPSA) is 89.5 Å². The maximum Gasteiger partial charge on any atom is 0.294 e. The fourth-order valence-electron chi connectivity index (χ4n) is 2.92. The smallest absolute Gasteiger partial charge is 0.294 e. The number of primary amides is 1. The van der Waals surface area contributed by atoms with Crippen molar-refractivity contribution in [1.29, 1.82) is 0 Å². The number of anilines is 1. The number of fused-ring (bicyclic) bond motifs is 1. The molecule has 1 atom stereocenters. The molecule has 1 heterocycles. The summed E-state index contributed by atoms with van der Waals surface area (Å²) in [6, 6.07) is 11.5. The van der Waals surface area contributed by atoms with Gasteiger partial charge < -0.3 is 10.6 Å². The molecule has 0 aromatic heterocycles. The second kappa shape index (κ2) is 5.89. The second-order valence-electron chi connectivity index (χ2n) is 5.41. The molecule has 118 valence electrons.